The Bertz CT molecular complexity index is 674. The first kappa shape index (κ1) is 14.1. The molecule has 0 saturated heterocycles. The van der Waals surface area contributed by atoms with Crippen molar-refractivity contribution >= 4 is 37.1 Å². The summed E-state index contributed by atoms with van der Waals surface area (Å²) in [7, 11) is -9.33. The Balaban J connectivity index is 3.66. The van der Waals surface area contributed by atoms with Crippen molar-refractivity contribution in [2.24, 2.45) is 0 Å². The normalized spacial score (nSPS) is 12.4. The number of hydrogen-bond acceptors (Lipinski definition) is 5. The molecule has 2 N–H and O–H groups in total. The molecule has 1 rings (SSSR count). The number of carbonyl (C=O) groups is 1. The van der Waals surface area contributed by atoms with Gasteiger partial charge in [-0.25, -0.2) is 0 Å². The number of carbonyl (C=O) groups excluding carboxylic acids is 1. The van der Waals surface area contributed by atoms with Crippen LogP contribution < -0.4 is 0 Å². The van der Waals surface area contributed by atoms with Crippen molar-refractivity contribution in [2.45, 2.75) is 9.79 Å². The second-order valence-corrected chi connectivity index (χ2v) is 6.04. The molecule has 7 nitrogen and oxygen atoms in total. The summed E-state index contributed by atoms with van der Waals surface area (Å²) in [4.78, 5) is 9.35. The van der Waals surface area contributed by atoms with Crippen LogP contribution in [-0.2, 0) is 20.2 Å². The predicted octanol–water partition coefficient (Wildman–Crippen LogP) is 0.559. The van der Waals surface area contributed by atoms with E-state index in [4.69, 9.17) is 20.7 Å². The van der Waals surface area contributed by atoms with Crippen LogP contribution in [0.5, 0.6) is 0 Å². The quantitative estimate of drug-likeness (QED) is 0.617. The summed E-state index contributed by atoms with van der Waals surface area (Å²) in [6.07, 6.45) is 0. The van der Waals surface area contributed by atoms with E-state index in [1.165, 1.54) is 0 Å². The van der Waals surface area contributed by atoms with Gasteiger partial charge in [0.15, 0.2) is 0 Å². The fourth-order valence-electron chi connectivity index (χ4n) is 1.05. The molecule has 0 aromatic heterocycles. The van der Waals surface area contributed by atoms with Crippen LogP contribution in [0, 0.1) is 0 Å². The second kappa shape index (κ2) is 4.35. The van der Waals surface area contributed by atoms with Gasteiger partial charge in [0, 0.05) is 0 Å². The molecule has 0 bridgehead atoms. The molecule has 0 aliphatic heterocycles. The Kier molecular flexibility index (Phi) is 3.60. The third-order valence-electron chi connectivity index (χ3n) is 1.74. The van der Waals surface area contributed by atoms with Gasteiger partial charge in [0.25, 0.3) is 25.5 Å². The van der Waals surface area contributed by atoms with E-state index >= 15 is 0 Å². The van der Waals surface area contributed by atoms with Gasteiger partial charge in [-0.2, -0.15) is 16.8 Å². The Morgan fingerprint density at radius 3 is 1.94 bits per heavy atom. The van der Waals surface area contributed by atoms with Crippen molar-refractivity contribution in [2.75, 3.05) is 0 Å². The highest BCUT2D eigenvalue weighted by Crippen LogP contribution is 2.21. The van der Waals surface area contributed by atoms with Gasteiger partial charge in [0.2, 0.25) is 0 Å². The van der Waals surface area contributed by atoms with Crippen LogP contribution in [0.15, 0.2) is 28.0 Å². The van der Waals surface area contributed by atoms with Gasteiger partial charge in [-0.3, -0.25) is 13.9 Å². The Labute approximate surface area is 102 Å². The first-order valence-electron chi connectivity index (χ1n) is 3.82. The molecule has 1 aromatic carbocycles. The maximum Gasteiger partial charge on any atom is 0.295 e. The van der Waals surface area contributed by atoms with E-state index in [-0.39, 0.29) is 0 Å². The van der Waals surface area contributed by atoms with Crippen molar-refractivity contribution in [3.63, 3.8) is 0 Å². The molecule has 0 aliphatic rings. The third kappa shape index (κ3) is 3.23. The van der Waals surface area contributed by atoms with Gasteiger partial charge in [-0.1, -0.05) is 0 Å². The fraction of sp³-hybridized carbons (Fsp3) is 0. The summed E-state index contributed by atoms with van der Waals surface area (Å²) in [6.45, 7) is 0. The Hall–Kier alpha value is -1.00. The average molecular weight is 301 g/mol. The van der Waals surface area contributed by atoms with Crippen LogP contribution >= 0.6 is 11.6 Å². The lowest BCUT2D eigenvalue weighted by molar-refractivity contribution is 0.107. The van der Waals surface area contributed by atoms with Crippen LogP contribution in [0.4, 0.5) is 0 Å². The molecular formula is C7H5ClO7S2. The summed E-state index contributed by atoms with van der Waals surface area (Å²) in [5.74, 6) is 0. The zero-order valence-electron chi connectivity index (χ0n) is 7.86. The first-order chi connectivity index (χ1) is 7.53. The molecular weight excluding hydrogens is 296 g/mol. The van der Waals surface area contributed by atoms with Crippen molar-refractivity contribution in [1.82, 2.24) is 0 Å². The molecule has 0 aliphatic carbocycles. The molecule has 1 aromatic rings. The minimum absolute atomic E-state index is 0.549. The summed E-state index contributed by atoms with van der Waals surface area (Å²) >= 11 is 5.05. The molecule has 0 atom stereocenters. The van der Waals surface area contributed by atoms with E-state index in [0.717, 1.165) is 0 Å². The lowest BCUT2D eigenvalue weighted by Crippen LogP contribution is -2.08. The third-order valence-corrected chi connectivity index (χ3v) is 3.70. The molecule has 0 unspecified atom stereocenters. The van der Waals surface area contributed by atoms with Crippen LogP contribution in [0.1, 0.15) is 10.4 Å². The molecule has 0 amide bonds. The smallest absolute Gasteiger partial charge is 0.282 e. The van der Waals surface area contributed by atoms with Gasteiger partial charge in [-0.05, 0) is 29.8 Å². The standard InChI is InChI=1S/C7H5ClO7S2/c8-7(9)5-3-4(16(10,11)12)1-2-6(5)17(13,14)15/h1-3H,(H,10,11,12)(H,13,14,15). The van der Waals surface area contributed by atoms with Crippen LogP contribution in [0.25, 0.3) is 0 Å². The van der Waals surface area contributed by atoms with E-state index in [1.54, 1.807) is 0 Å². The molecule has 0 spiro atoms. The predicted molar refractivity (Wildman–Crippen MR) is 56.3 cm³/mol. The van der Waals surface area contributed by atoms with Gasteiger partial charge >= 0.3 is 0 Å². The zero-order valence-corrected chi connectivity index (χ0v) is 10.3. The number of benzene rings is 1. The Morgan fingerprint density at radius 2 is 1.59 bits per heavy atom. The van der Waals surface area contributed by atoms with Crippen LogP contribution in [0.3, 0.4) is 0 Å². The van der Waals surface area contributed by atoms with Crippen LogP contribution in [-0.4, -0.2) is 31.2 Å². The van der Waals surface area contributed by atoms with Gasteiger partial charge in [0.1, 0.15) is 4.90 Å². The first-order valence-corrected chi connectivity index (χ1v) is 7.08. The Morgan fingerprint density at radius 1 is 1.06 bits per heavy atom. The largest absolute Gasteiger partial charge is 0.295 e. The minimum atomic E-state index is -4.72. The average Bonchev–Trinajstić information content (AvgIpc) is 2.14. The lowest BCUT2D eigenvalue weighted by atomic mass is 10.2. The fourth-order valence-corrected chi connectivity index (χ4v) is 2.44. The highest BCUT2D eigenvalue weighted by molar-refractivity contribution is 7.86. The topological polar surface area (TPSA) is 126 Å². The highest BCUT2D eigenvalue weighted by atomic mass is 35.5. The number of hydrogen-bond donors (Lipinski definition) is 2. The van der Waals surface area contributed by atoms with E-state index in [9.17, 15) is 21.6 Å². The number of halogens is 1. The molecule has 17 heavy (non-hydrogen) atoms. The van der Waals surface area contributed by atoms with Crippen molar-refractivity contribution < 1.29 is 30.7 Å². The van der Waals surface area contributed by atoms with Crippen molar-refractivity contribution in [3.05, 3.63) is 23.8 Å². The molecule has 10 heteroatoms. The summed E-state index contributed by atoms with van der Waals surface area (Å²) < 4.78 is 60.7. The summed E-state index contributed by atoms with van der Waals surface area (Å²) in [5.41, 5.74) is -0.746. The van der Waals surface area contributed by atoms with Gasteiger partial charge in [0.05, 0.1) is 10.5 Å². The zero-order chi connectivity index (χ0) is 13.4. The molecule has 94 valence electrons. The summed E-state index contributed by atoms with van der Waals surface area (Å²) in [6, 6.07) is 1.91. The molecule has 0 radical (unpaired) electrons. The molecule has 0 heterocycles. The van der Waals surface area contributed by atoms with Gasteiger partial charge in [-0.15, -0.1) is 0 Å². The van der Waals surface area contributed by atoms with E-state index < -0.39 is 40.8 Å². The number of rotatable bonds is 3. The lowest BCUT2D eigenvalue weighted by Gasteiger charge is -2.04. The molecule has 0 fully saturated rings. The highest BCUT2D eigenvalue weighted by Gasteiger charge is 2.22. The SMILES string of the molecule is O=C(Cl)c1cc(S(=O)(=O)O)ccc1S(=O)(=O)O. The van der Waals surface area contributed by atoms with Crippen LogP contribution in [0.2, 0.25) is 0 Å². The van der Waals surface area contributed by atoms with E-state index in [0.29, 0.717) is 18.2 Å². The second-order valence-electron chi connectivity index (χ2n) is 2.88. The van der Waals surface area contributed by atoms with Crippen molar-refractivity contribution in [3.8, 4) is 0 Å². The van der Waals surface area contributed by atoms with Gasteiger partial charge < -0.3 is 0 Å². The summed E-state index contributed by atoms with van der Waals surface area (Å²) in [5, 5.41) is -1.29. The minimum Gasteiger partial charge on any atom is -0.282 e. The monoisotopic (exact) mass is 300 g/mol. The van der Waals surface area contributed by atoms with E-state index in [1.807, 2.05) is 0 Å². The maximum atomic E-state index is 10.9. The van der Waals surface area contributed by atoms with E-state index in [2.05, 4.69) is 0 Å². The van der Waals surface area contributed by atoms with Crippen molar-refractivity contribution in [1.29, 1.82) is 0 Å². The molecule has 0 saturated carbocycles. The maximum absolute atomic E-state index is 10.9.